The topological polar surface area (TPSA) is 124 Å². The zero-order valence-electron chi connectivity index (χ0n) is 17.1. The Kier molecular flexibility index (Phi) is 6.99. The van der Waals surface area contributed by atoms with Crippen LogP contribution in [0.25, 0.3) is 5.65 Å². The number of aliphatic hydroxyl groups excluding tert-OH is 1. The van der Waals surface area contributed by atoms with Gasteiger partial charge in [0.1, 0.15) is 18.4 Å². The van der Waals surface area contributed by atoms with Gasteiger partial charge in [-0.15, -0.1) is 10.2 Å². The van der Waals surface area contributed by atoms with Crippen molar-refractivity contribution < 1.29 is 19.4 Å². The second kappa shape index (κ2) is 9.66. The minimum atomic E-state index is -1.06. The molecule has 160 valence electrons. The summed E-state index contributed by atoms with van der Waals surface area (Å²) in [7, 11) is 0. The first-order valence-corrected chi connectivity index (χ1v) is 9.68. The van der Waals surface area contributed by atoms with Gasteiger partial charge in [-0.2, -0.15) is 0 Å². The third kappa shape index (κ3) is 5.53. The van der Waals surface area contributed by atoms with E-state index in [2.05, 4.69) is 15.5 Å². The molecule has 1 amide bonds. The number of pyridine rings is 1. The van der Waals surface area contributed by atoms with Gasteiger partial charge in [0.25, 0.3) is 0 Å². The summed E-state index contributed by atoms with van der Waals surface area (Å²) in [4.78, 5) is 12.5. The van der Waals surface area contributed by atoms with E-state index in [1.807, 2.05) is 30.3 Å². The fraction of sp³-hybridized carbons (Fsp3) is 0.381. The van der Waals surface area contributed by atoms with Crippen molar-refractivity contribution in [3.05, 3.63) is 60.0 Å². The molecule has 0 radical (unpaired) electrons. The number of hydrogen-bond donors (Lipinski definition) is 3. The van der Waals surface area contributed by atoms with Crippen molar-refractivity contribution in [2.24, 2.45) is 5.73 Å². The molecule has 1 atom stereocenters. The number of aliphatic hydroxyl groups is 1. The van der Waals surface area contributed by atoms with Crippen molar-refractivity contribution in [1.82, 2.24) is 19.9 Å². The number of hydrogen-bond acceptors (Lipinski definition) is 7. The van der Waals surface area contributed by atoms with Gasteiger partial charge >= 0.3 is 0 Å². The molecule has 0 aliphatic carbocycles. The van der Waals surface area contributed by atoms with Gasteiger partial charge in [0.05, 0.1) is 31.6 Å². The number of rotatable bonds is 10. The molecular formula is C21H27N5O4. The van der Waals surface area contributed by atoms with Crippen molar-refractivity contribution in [1.29, 1.82) is 0 Å². The minimum absolute atomic E-state index is 0.0926. The highest BCUT2D eigenvalue weighted by Gasteiger charge is 2.28. The highest BCUT2D eigenvalue weighted by Crippen LogP contribution is 2.19. The molecule has 0 bridgehead atoms. The van der Waals surface area contributed by atoms with Crippen LogP contribution in [0.1, 0.15) is 31.3 Å². The van der Waals surface area contributed by atoms with Gasteiger partial charge in [-0.3, -0.25) is 9.20 Å². The van der Waals surface area contributed by atoms with E-state index in [0.717, 1.165) is 5.56 Å². The Labute approximate surface area is 174 Å². The first kappa shape index (κ1) is 21.7. The van der Waals surface area contributed by atoms with Crippen LogP contribution in [-0.2, 0) is 16.1 Å². The molecule has 30 heavy (non-hydrogen) atoms. The lowest BCUT2D eigenvalue weighted by molar-refractivity contribution is -0.126. The van der Waals surface area contributed by atoms with Crippen LogP contribution in [0.15, 0.2) is 48.7 Å². The van der Waals surface area contributed by atoms with Gasteiger partial charge in [-0.25, -0.2) is 0 Å². The lowest BCUT2D eigenvalue weighted by Crippen LogP contribution is -2.50. The van der Waals surface area contributed by atoms with Crippen LogP contribution >= 0.6 is 0 Å². The van der Waals surface area contributed by atoms with Gasteiger partial charge < -0.3 is 25.6 Å². The molecular weight excluding hydrogens is 386 g/mol. The molecule has 0 unspecified atom stereocenters. The molecule has 9 nitrogen and oxygen atoms in total. The number of fused-ring (bicyclic) bond motifs is 1. The largest absolute Gasteiger partial charge is 0.490 e. The smallest absolute Gasteiger partial charge is 0.240 e. The molecule has 2 aromatic heterocycles. The molecule has 0 saturated heterocycles. The zero-order chi connectivity index (χ0) is 21.6. The molecule has 3 rings (SSSR count). The van der Waals surface area contributed by atoms with E-state index in [-0.39, 0.29) is 25.7 Å². The first-order valence-electron chi connectivity index (χ1n) is 9.68. The van der Waals surface area contributed by atoms with Crippen molar-refractivity contribution >= 4 is 11.6 Å². The fourth-order valence-electron chi connectivity index (χ4n) is 2.77. The zero-order valence-corrected chi connectivity index (χ0v) is 17.1. The molecule has 0 fully saturated rings. The van der Waals surface area contributed by atoms with E-state index in [1.165, 1.54) is 0 Å². The molecule has 3 aromatic rings. The maximum atomic E-state index is 12.5. The Hall–Kier alpha value is -3.01. The van der Waals surface area contributed by atoms with E-state index >= 15 is 0 Å². The number of nitrogens with zero attached hydrogens (tertiary/aromatic N) is 3. The summed E-state index contributed by atoms with van der Waals surface area (Å²) in [6, 6.07) is 12.7. The number of carbonyl (C=O) groups is 1. The molecule has 0 saturated carbocycles. The molecule has 0 aliphatic rings. The van der Waals surface area contributed by atoms with Gasteiger partial charge in [0.2, 0.25) is 5.91 Å². The van der Waals surface area contributed by atoms with Crippen LogP contribution in [0.2, 0.25) is 0 Å². The van der Waals surface area contributed by atoms with Crippen molar-refractivity contribution in [2.45, 2.75) is 32.0 Å². The number of benzene rings is 1. The summed E-state index contributed by atoms with van der Waals surface area (Å²) in [5.41, 5.74) is 6.50. The standard InChI is InChI=1S/C21H27N5O4/c1-21(2,22)20(28)23-17(14-29-13-15-6-4-3-5-7-15)19-25-24-18-9-8-16(12-26(18)19)30-11-10-27/h3-9,12,17,27H,10-11,13-14,22H2,1-2H3,(H,23,28)/t17-/m1/s1. The fourth-order valence-corrected chi connectivity index (χ4v) is 2.77. The number of nitrogens with one attached hydrogen (secondary N) is 1. The summed E-state index contributed by atoms with van der Waals surface area (Å²) in [5.74, 6) is 0.706. The number of carbonyl (C=O) groups excluding carboxylic acids is 1. The predicted molar refractivity (Wildman–Crippen MR) is 111 cm³/mol. The summed E-state index contributed by atoms with van der Waals surface area (Å²) in [6.45, 7) is 3.91. The molecule has 0 spiro atoms. The summed E-state index contributed by atoms with van der Waals surface area (Å²) < 4.78 is 13.1. The average molecular weight is 413 g/mol. The van der Waals surface area contributed by atoms with E-state index in [0.29, 0.717) is 23.8 Å². The van der Waals surface area contributed by atoms with Crippen molar-refractivity contribution in [3.63, 3.8) is 0 Å². The van der Waals surface area contributed by atoms with Crippen molar-refractivity contribution in [3.8, 4) is 5.75 Å². The number of ether oxygens (including phenoxy) is 2. The Bertz CT molecular complexity index is 968. The maximum absolute atomic E-state index is 12.5. The number of aromatic nitrogens is 3. The Morgan fingerprint density at radius 2 is 2.00 bits per heavy atom. The Morgan fingerprint density at radius 3 is 2.70 bits per heavy atom. The van der Waals surface area contributed by atoms with Gasteiger partial charge in [0, 0.05) is 0 Å². The van der Waals surface area contributed by atoms with Crippen LogP contribution in [0.5, 0.6) is 5.75 Å². The van der Waals surface area contributed by atoms with Gasteiger partial charge in [-0.1, -0.05) is 30.3 Å². The van der Waals surface area contributed by atoms with Gasteiger partial charge in [-0.05, 0) is 31.5 Å². The minimum Gasteiger partial charge on any atom is -0.490 e. The van der Waals surface area contributed by atoms with Crippen LogP contribution in [-0.4, -0.2) is 51.0 Å². The lowest BCUT2D eigenvalue weighted by Gasteiger charge is -2.23. The first-order chi connectivity index (χ1) is 14.4. The van der Waals surface area contributed by atoms with Crippen LogP contribution in [0.4, 0.5) is 0 Å². The molecule has 9 heteroatoms. The lowest BCUT2D eigenvalue weighted by atomic mass is 10.1. The second-order valence-corrected chi connectivity index (χ2v) is 7.47. The molecule has 2 heterocycles. The van der Waals surface area contributed by atoms with E-state index < -0.39 is 11.6 Å². The molecule has 4 N–H and O–H groups in total. The highest BCUT2D eigenvalue weighted by molar-refractivity contribution is 5.85. The van der Waals surface area contributed by atoms with Gasteiger partial charge in [0.15, 0.2) is 11.5 Å². The second-order valence-electron chi connectivity index (χ2n) is 7.47. The van der Waals surface area contributed by atoms with E-state index in [9.17, 15) is 4.79 Å². The normalized spacial score (nSPS) is 12.7. The third-order valence-corrected chi connectivity index (χ3v) is 4.36. The van der Waals surface area contributed by atoms with E-state index in [1.54, 1.807) is 36.6 Å². The SMILES string of the molecule is CC(C)(N)C(=O)N[C@H](COCc1ccccc1)c1nnc2ccc(OCCO)cn12. The quantitative estimate of drug-likeness (QED) is 0.456. The number of amides is 1. The maximum Gasteiger partial charge on any atom is 0.240 e. The van der Waals surface area contributed by atoms with Crippen LogP contribution in [0.3, 0.4) is 0 Å². The van der Waals surface area contributed by atoms with E-state index in [4.69, 9.17) is 20.3 Å². The third-order valence-electron chi connectivity index (χ3n) is 4.36. The van der Waals surface area contributed by atoms with Crippen molar-refractivity contribution in [2.75, 3.05) is 19.8 Å². The number of nitrogens with two attached hydrogens (primary N) is 1. The Balaban J connectivity index is 1.83. The predicted octanol–water partition coefficient (Wildman–Crippen LogP) is 1.21. The highest BCUT2D eigenvalue weighted by atomic mass is 16.5. The summed E-state index contributed by atoms with van der Waals surface area (Å²) >= 11 is 0. The Morgan fingerprint density at radius 1 is 1.23 bits per heavy atom. The molecule has 1 aromatic carbocycles. The molecule has 0 aliphatic heterocycles. The average Bonchev–Trinajstić information content (AvgIpc) is 3.14. The van der Waals surface area contributed by atoms with Crippen LogP contribution in [0, 0.1) is 0 Å². The van der Waals surface area contributed by atoms with Crippen LogP contribution < -0.4 is 15.8 Å². The summed E-state index contributed by atoms with van der Waals surface area (Å²) in [6.07, 6.45) is 1.71. The summed E-state index contributed by atoms with van der Waals surface area (Å²) in [5, 5.41) is 20.3. The monoisotopic (exact) mass is 413 g/mol.